The van der Waals surface area contributed by atoms with Gasteiger partial charge in [-0.3, -0.25) is 9.59 Å². The maximum atomic E-state index is 12.6. The molecule has 0 aliphatic carbocycles. The van der Waals surface area contributed by atoms with E-state index in [1.165, 1.54) is 48.5 Å². The van der Waals surface area contributed by atoms with Gasteiger partial charge in [-0.2, -0.15) is 0 Å². The third kappa shape index (κ3) is 10.8. The number of esters is 4. The molecule has 0 saturated carbocycles. The Hall–Kier alpha value is -4.70. The molecule has 3 aromatic carbocycles. The molecule has 10 nitrogen and oxygen atoms in total. The summed E-state index contributed by atoms with van der Waals surface area (Å²) >= 11 is 0. The SMILES string of the molecule is CCCCCCOC(=O)CCC(=O)Oc1ccc(C(=O)Oc2ccc(C(=O)Oc3ccc(N4CCN(C)CC4)cc3)cc2)cc1. The van der Waals surface area contributed by atoms with E-state index in [4.69, 9.17) is 18.9 Å². The van der Waals surface area contributed by atoms with Crippen molar-refractivity contribution in [2.75, 3.05) is 44.7 Å². The molecule has 0 amide bonds. The highest BCUT2D eigenvalue weighted by Crippen LogP contribution is 2.22. The lowest BCUT2D eigenvalue weighted by Crippen LogP contribution is -2.44. The molecule has 0 spiro atoms. The average molecular weight is 617 g/mol. The number of anilines is 1. The largest absolute Gasteiger partial charge is 0.466 e. The molecule has 0 N–H and O–H groups in total. The Kier molecular flexibility index (Phi) is 12.5. The first-order chi connectivity index (χ1) is 21.8. The number of benzene rings is 3. The van der Waals surface area contributed by atoms with Crippen molar-refractivity contribution in [1.82, 2.24) is 4.90 Å². The van der Waals surface area contributed by atoms with Gasteiger partial charge in [-0.15, -0.1) is 0 Å². The van der Waals surface area contributed by atoms with Crippen molar-refractivity contribution < 1.29 is 38.1 Å². The van der Waals surface area contributed by atoms with Crippen molar-refractivity contribution in [3.8, 4) is 17.2 Å². The topological polar surface area (TPSA) is 112 Å². The first-order valence-electron chi connectivity index (χ1n) is 15.3. The summed E-state index contributed by atoms with van der Waals surface area (Å²) in [4.78, 5) is 53.7. The normalized spacial score (nSPS) is 13.2. The summed E-state index contributed by atoms with van der Waals surface area (Å²) in [6, 6.07) is 19.4. The van der Waals surface area contributed by atoms with Crippen LogP contribution in [0.2, 0.25) is 0 Å². The van der Waals surface area contributed by atoms with E-state index in [0.29, 0.717) is 17.9 Å². The van der Waals surface area contributed by atoms with E-state index in [0.717, 1.165) is 57.5 Å². The van der Waals surface area contributed by atoms with Gasteiger partial charge in [-0.1, -0.05) is 26.2 Å². The number of ether oxygens (including phenoxy) is 4. The highest BCUT2D eigenvalue weighted by atomic mass is 16.5. The second-order valence-corrected chi connectivity index (χ2v) is 10.9. The zero-order chi connectivity index (χ0) is 32.0. The number of hydrogen-bond donors (Lipinski definition) is 0. The Morgan fingerprint density at radius 2 is 1.09 bits per heavy atom. The molecule has 0 unspecified atom stereocenters. The molecule has 0 bridgehead atoms. The number of hydrogen-bond acceptors (Lipinski definition) is 10. The van der Waals surface area contributed by atoms with Gasteiger partial charge in [0.1, 0.15) is 17.2 Å². The van der Waals surface area contributed by atoms with Crippen molar-refractivity contribution in [3.63, 3.8) is 0 Å². The number of piperazine rings is 1. The van der Waals surface area contributed by atoms with Crippen LogP contribution in [0.3, 0.4) is 0 Å². The van der Waals surface area contributed by atoms with Crippen LogP contribution < -0.4 is 19.1 Å². The molecule has 0 atom stereocenters. The minimum atomic E-state index is -0.620. The van der Waals surface area contributed by atoms with Crippen LogP contribution in [0.25, 0.3) is 0 Å². The minimum absolute atomic E-state index is 0.0577. The Labute approximate surface area is 263 Å². The smallest absolute Gasteiger partial charge is 0.343 e. The quantitative estimate of drug-likeness (QED) is 0.127. The number of unbranched alkanes of at least 4 members (excludes halogenated alkanes) is 3. The fourth-order valence-corrected chi connectivity index (χ4v) is 4.61. The van der Waals surface area contributed by atoms with E-state index in [2.05, 4.69) is 23.8 Å². The second kappa shape index (κ2) is 17.0. The molecule has 1 aliphatic heterocycles. The van der Waals surface area contributed by atoms with Gasteiger partial charge in [-0.25, -0.2) is 9.59 Å². The van der Waals surface area contributed by atoms with Crippen molar-refractivity contribution in [2.24, 2.45) is 0 Å². The number of likely N-dealkylation sites (N-methyl/N-ethyl adjacent to an activating group) is 1. The van der Waals surface area contributed by atoms with Gasteiger partial charge >= 0.3 is 23.9 Å². The van der Waals surface area contributed by atoms with Gasteiger partial charge in [-0.05, 0) is 86.3 Å². The van der Waals surface area contributed by atoms with Crippen LogP contribution in [0.4, 0.5) is 5.69 Å². The lowest BCUT2D eigenvalue weighted by atomic mass is 10.2. The lowest BCUT2D eigenvalue weighted by molar-refractivity contribution is -0.147. The number of nitrogens with zero attached hydrogens (tertiary/aromatic N) is 2. The second-order valence-electron chi connectivity index (χ2n) is 10.9. The lowest BCUT2D eigenvalue weighted by Gasteiger charge is -2.34. The number of carbonyl (C=O) groups excluding carboxylic acids is 4. The molecule has 0 radical (unpaired) electrons. The molecule has 1 aliphatic rings. The van der Waals surface area contributed by atoms with Crippen molar-refractivity contribution in [3.05, 3.63) is 83.9 Å². The predicted molar refractivity (Wildman–Crippen MR) is 169 cm³/mol. The molecular formula is C35H40N2O8. The predicted octanol–water partition coefficient (Wildman–Crippen LogP) is 5.69. The third-order valence-corrected chi connectivity index (χ3v) is 7.33. The fraction of sp³-hybridized carbons (Fsp3) is 0.371. The summed E-state index contributed by atoms with van der Waals surface area (Å²) in [7, 11) is 2.11. The molecular weight excluding hydrogens is 576 g/mol. The molecule has 10 heteroatoms. The van der Waals surface area contributed by atoms with Gasteiger partial charge in [0.15, 0.2) is 0 Å². The highest BCUT2D eigenvalue weighted by Gasteiger charge is 2.16. The van der Waals surface area contributed by atoms with Crippen LogP contribution in [-0.2, 0) is 14.3 Å². The average Bonchev–Trinajstić information content (AvgIpc) is 3.05. The summed E-state index contributed by atoms with van der Waals surface area (Å²) in [5, 5.41) is 0. The standard InChI is InChI=1S/C35H40N2O8/c1-3-4-5-6-25-42-32(38)19-20-33(39)43-29-13-7-26(8-14-29)34(40)44-30-15-9-27(10-16-30)35(41)45-31-17-11-28(12-18-31)37-23-21-36(2)22-24-37/h7-18H,3-6,19-25H2,1-2H3. The van der Waals surface area contributed by atoms with Crippen LogP contribution in [0.1, 0.15) is 66.2 Å². The number of carbonyl (C=O) groups is 4. The molecule has 0 aromatic heterocycles. The first-order valence-corrected chi connectivity index (χ1v) is 15.3. The molecule has 3 aromatic rings. The molecule has 4 rings (SSSR count). The summed E-state index contributed by atoms with van der Waals surface area (Å²) in [5.74, 6) is -1.22. The van der Waals surface area contributed by atoms with E-state index in [-0.39, 0.29) is 29.9 Å². The molecule has 1 heterocycles. The van der Waals surface area contributed by atoms with Gasteiger partial charge in [0, 0.05) is 31.9 Å². The molecule has 1 fully saturated rings. The fourth-order valence-electron chi connectivity index (χ4n) is 4.61. The zero-order valence-corrected chi connectivity index (χ0v) is 25.9. The Morgan fingerprint density at radius 3 is 1.62 bits per heavy atom. The molecule has 238 valence electrons. The van der Waals surface area contributed by atoms with Gasteiger partial charge in [0.05, 0.1) is 30.6 Å². The summed E-state index contributed by atoms with van der Waals surface area (Å²) < 4.78 is 21.3. The van der Waals surface area contributed by atoms with Crippen LogP contribution in [0.5, 0.6) is 17.2 Å². The van der Waals surface area contributed by atoms with E-state index < -0.39 is 23.9 Å². The minimum Gasteiger partial charge on any atom is -0.466 e. The molecule has 1 saturated heterocycles. The van der Waals surface area contributed by atoms with Gasteiger partial charge < -0.3 is 28.7 Å². The molecule has 45 heavy (non-hydrogen) atoms. The third-order valence-electron chi connectivity index (χ3n) is 7.33. The van der Waals surface area contributed by atoms with Crippen LogP contribution in [0.15, 0.2) is 72.8 Å². The maximum absolute atomic E-state index is 12.6. The summed E-state index contributed by atoms with van der Waals surface area (Å²) in [6.07, 6.45) is 3.85. The Balaban J connectivity index is 1.19. The summed E-state index contributed by atoms with van der Waals surface area (Å²) in [6.45, 7) is 6.38. The highest BCUT2D eigenvalue weighted by molar-refractivity contribution is 5.93. The van der Waals surface area contributed by atoms with Crippen molar-refractivity contribution in [2.45, 2.75) is 45.4 Å². The Morgan fingerprint density at radius 1 is 0.600 bits per heavy atom. The van der Waals surface area contributed by atoms with E-state index in [9.17, 15) is 19.2 Å². The van der Waals surface area contributed by atoms with Crippen molar-refractivity contribution in [1.29, 1.82) is 0 Å². The van der Waals surface area contributed by atoms with Crippen LogP contribution >= 0.6 is 0 Å². The van der Waals surface area contributed by atoms with Crippen LogP contribution in [-0.4, -0.2) is 68.6 Å². The van der Waals surface area contributed by atoms with E-state index in [1.807, 2.05) is 12.1 Å². The zero-order valence-electron chi connectivity index (χ0n) is 25.9. The van der Waals surface area contributed by atoms with E-state index >= 15 is 0 Å². The van der Waals surface area contributed by atoms with Crippen LogP contribution in [0, 0.1) is 0 Å². The maximum Gasteiger partial charge on any atom is 0.343 e. The first kappa shape index (κ1) is 33.2. The summed E-state index contributed by atoms with van der Waals surface area (Å²) in [5.41, 5.74) is 1.64. The van der Waals surface area contributed by atoms with Gasteiger partial charge in [0.2, 0.25) is 0 Å². The monoisotopic (exact) mass is 616 g/mol. The van der Waals surface area contributed by atoms with Crippen molar-refractivity contribution >= 4 is 29.6 Å². The van der Waals surface area contributed by atoms with E-state index in [1.54, 1.807) is 12.1 Å². The number of rotatable bonds is 14. The van der Waals surface area contributed by atoms with Gasteiger partial charge in [0.25, 0.3) is 0 Å². The Bertz CT molecular complexity index is 1410.